The number of nitrogens with one attached hydrogen (secondary N) is 4. The number of hydrogen-bond donors (Lipinski definition) is 4. The second-order valence-corrected chi connectivity index (χ2v) is 13.1. The molecule has 3 amide bonds. The van der Waals surface area contributed by atoms with Crippen molar-refractivity contribution in [3.8, 4) is 0 Å². The van der Waals surface area contributed by atoms with Crippen LogP contribution in [-0.2, 0) is 20.8 Å². The van der Waals surface area contributed by atoms with E-state index in [4.69, 9.17) is 17.0 Å². The second-order valence-electron chi connectivity index (χ2n) is 11.6. The molecule has 42 heavy (non-hydrogen) atoms. The number of hydrogen-bond acceptors (Lipinski definition) is 8. The van der Waals surface area contributed by atoms with Gasteiger partial charge in [0.25, 0.3) is 0 Å². The van der Waals surface area contributed by atoms with Gasteiger partial charge in [-0.25, -0.2) is 4.98 Å². The van der Waals surface area contributed by atoms with E-state index in [1.807, 2.05) is 12.1 Å². The highest BCUT2D eigenvalue weighted by Gasteiger charge is 2.42. The number of nitrogens with zero attached hydrogens (tertiary/aromatic N) is 3. The van der Waals surface area contributed by atoms with Crippen LogP contribution in [0.2, 0.25) is 5.02 Å². The molecule has 2 atom stereocenters. The Bertz CT molecular complexity index is 1300. The monoisotopic (exact) mass is 615 g/mol. The molecule has 228 valence electrons. The highest BCUT2D eigenvalue weighted by molar-refractivity contribution is 7.18. The maximum absolute atomic E-state index is 14.0. The van der Waals surface area contributed by atoms with Gasteiger partial charge in [0.2, 0.25) is 17.7 Å². The maximum atomic E-state index is 14.0. The molecule has 1 saturated carbocycles. The molecule has 2 heterocycles. The van der Waals surface area contributed by atoms with Crippen LogP contribution in [0.4, 0.5) is 0 Å². The van der Waals surface area contributed by atoms with Gasteiger partial charge in [0.15, 0.2) is 0 Å². The summed E-state index contributed by atoms with van der Waals surface area (Å²) >= 11 is 7.56. The lowest BCUT2D eigenvalue weighted by Crippen LogP contribution is -2.54. The molecule has 1 unspecified atom stereocenters. The zero-order valence-corrected chi connectivity index (χ0v) is 26.1. The summed E-state index contributed by atoms with van der Waals surface area (Å²) in [5, 5.41) is 18.3. The van der Waals surface area contributed by atoms with Crippen molar-refractivity contribution in [3.05, 3.63) is 40.4 Å². The summed E-state index contributed by atoms with van der Waals surface area (Å²) in [6.45, 7) is 8.49. The molecule has 1 aromatic carbocycles. The van der Waals surface area contributed by atoms with Crippen molar-refractivity contribution in [1.29, 1.82) is 5.41 Å². The van der Waals surface area contributed by atoms with E-state index in [1.54, 1.807) is 6.07 Å². The number of halogens is 1. The van der Waals surface area contributed by atoms with Crippen LogP contribution in [0, 0.1) is 16.7 Å². The molecular weight excluding hydrogens is 574 g/mol. The first-order valence-corrected chi connectivity index (χ1v) is 15.8. The van der Waals surface area contributed by atoms with E-state index in [0.717, 1.165) is 68.3 Å². The van der Waals surface area contributed by atoms with Crippen LogP contribution in [0.1, 0.15) is 37.1 Å². The molecule has 2 aliphatic rings. The molecule has 2 aromatic rings. The summed E-state index contributed by atoms with van der Waals surface area (Å²) in [6.07, 6.45) is 4.97. The number of benzene rings is 1. The molecule has 4 N–H and O–H groups in total. The number of amides is 3. The summed E-state index contributed by atoms with van der Waals surface area (Å²) in [7, 11) is 3.60. The third-order valence-electron chi connectivity index (χ3n) is 8.44. The predicted octanol–water partition coefficient (Wildman–Crippen LogP) is 2.86. The van der Waals surface area contributed by atoms with Gasteiger partial charge in [0, 0.05) is 82.0 Å². The number of carbonyl (C=O) groups excluding carboxylic acids is 3. The summed E-state index contributed by atoms with van der Waals surface area (Å²) in [4.78, 5) is 48.8. The van der Waals surface area contributed by atoms with Crippen molar-refractivity contribution < 1.29 is 14.4 Å². The molecular formula is C30H42ClN7O3S. The van der Waals surface area contributed by atoms with Gasteiger partial charge >= 0.3 is 0 Å². The largest absolute Gasteiger partial charge is 0.359 e. The molecule has 0 bridgehead atoms. The Morgan fingerprint density at radius 1 is 1.24 bits per heavy atom. The van der Waals surface area contributed by atoms with E-state index in [-0.39, 0.29) is 43.2 Å². The molecule has 1 aliphatic carbocycles. The van der Waals surface area contributed by atoms with E-state index in [1.165, 1.54) is 18.4 Å². The Balaban J connectivity index is 1.48. The average molecular weight is 616 g/mol. The van der Waals surface area contributed by atoms with Crippen LogP contribution in [0.3, 0.4) is 0 Å². The molecule has 4 rings (SSSR count). The van der Waals surface area contributed by atoms with Gasteiger partial charge in [0.05, 0.1) is 20.6 Å². The Kier molecular flexibility index (Phi) is 11.1. The predicted molar refractivity (Wildman–Crippen MR) is 168 cm³/mol. The molecule has 1 aliphatic heterocycles. The van der Waals surface area contributed by atoms with Gasteiger partial charge in [0.1, 0.15) is 0 Å². The smallest absolute Gasteiger partial charge is 0.247 e. The number of aromatic nitrogens is 1. The Morgan fingerprint density at radius 3 is 2.62 bits per heavy atom. The zero-order chi connectivity index (χ0) is 30.3. The van der Waals surface area contributed by atoms with Crippen LogP contribution < -0.4 is 16.0 Å². The number of likely N-dealkylation sites (N-methyl/N-ethyl adjacent to an activating group) is 1. The molecule has 0 radical (unpaired) electrons. The first-order chi connectivity index (χ1) is 20.1. The van der Waals surface area contributed by atoms with Gasteiger partial charge in [-0.3, -0.25) is 19.3 Å². The fraction of sp³-hybridized carbons (Fsp3) is 0.567. The van der Waals surface area contributed by atoms with Crippen molar-refractivity contribution in [2.45, 2.75) is 44.6 Å². The lowest BCUT2D eigenvalue weighted by Gasteiger charge is -2.33. The first kappa shape index (κ1) is 32.1. The fourth-order valence-corrected chi connectivity index (χ4v) is 7.11. The van der Waals surface area contributed by atoms with Gasteiger partial charge in [-0.05, 0) is 44.0 Å². The van der Waals surface area contributed by atoms with Crippen molar-refractivity contribution >= 4 is 57.1 Å². The minimum Gasteiger partial charge on any atom is -0.359 e. The Morgan fingerprint density at radius 2 is 1.95 bits per heavy atom. The molecule has 2 fully saturated rings. The molecule has 1 aromatic heterocycles. The summed E-state index contributed by atoms with van der Waals surface area (Å²) in [5.41, 5.74) is -0.189. The maximum Gasteiger partial charge on any atom is 0.247 e. The standard InChI is InChI=1S/C30H42ClN7O3S/c1-20(18-38-12-10-37(3)11-13-38)28(40)34-17-24(21-6-4-5-7-21)36-29(41)30(19-32,15-26(39)33-2)16-27-35-23-9-8-22(31)14-25(23)42-27/h8-9,14,19,21,24,32H,1,4-7,10-13,15-18H2,2-3H3,(H,33,39)(H,34,40)(H,36,41)/t24-,30?/m1/s1. The molecule has 0 spiro atoms. The van der Waals surface area contributed by atoms with E-state index in [0.29, 0.717) is 22.1 Å². The van der Waals surface area contributed by atoms with E-state index in [9.17, 15) is 14.4 Å². The van der Waals surface area contributed by atoms with Crippen molar-refractivity contribution in [2.24, 2.45) is 11.3 Å². The third-order valence-corrected chi connectivity index (χ3v) is 9.70. The van der Waals surface area contributed by atoms with Gasteiger partial charge in [-0.2, -0.15) is 0 Å². The zero-order valence-electron chi connectivity index (χ0n) is 24.5. The van der Waals surface area contributed by atoms with Gasteiger partial charge in [-0.1, -0.05) is 31.0 Å². The number of thiazole rings is 1. The summed E-state index contributed by atoms with van der Waals surface area (Å²) in [6, 6.07) is 5.06. The number of fused-ring (bicyclic) bond motifs is 1. The minimum absolute atomic E-state index is 0.0955. The van der Waals surface area contributed by atoms with Crippen LogP contribution in [-0.4, -0.2) is 98.1 Å². The molecule has 12 heteroatoms. The first-order valence-electron chi connectivity index (χ1n) is 14.6. The fourth-order valence-electron chi connectivity index (χ4n) is 5.74. The normalized spacial score (nSPS) is 18.7. The molecule has 10 nitrogen and oxygen atoms in total. The number of carbonyl (C=O) groups is 3. The average Bonchev–Trinajstić information content (AvgIpc) is 3.65. The lowest BCUT2D eigenvalue weighted by molar-refractivity contribution is -0.133. The van der Waals surface area contributed by atoms with Crippen LogP contribution in [0.5, 0.6) is 0 Å². The van der Waals surface area contributed by atoms with E-state index >= 15 is 0 Å². The molecule has 1 saturated heterocycles. The Hall–Kier alpha value is -2.86. The Labute approximate surface area is 256 Å². The van der Waals surface area contributed by atoms with Crippen LogP contribution >= 0.6 is 22.9 Å². The topological polar surface area (TPSA) is 131 Å². The van der Waals surface area contributed by atoms with Crippen molar-refractivity contribution in [3.63, 3.8) is 0 Å². The minimum atomic E-state index is -1.44. The third kappa shape index (κ3) is 8.15. The van der Waals surface area contributed by atoms with Crippen molar-refractivity contribution in [1.82, 2.24) is 30.7 Å². The summed E-state index contributed by atoms with van der Waals surface area (Å²) < 4.78 is 0.875. The van der Waals surface area contributed by atoms with E-state index in [2.05, 4.69) is 44.4 Å². The SMILES string of the molecule is C=C(CN1CCN(C)CC1)C(=O)NC[C@@H](NC(=O)C(C=N)(CC(=O)NC)Cc1nc2ccc(Cl)cc2s1)C1CCCC1. The summed E-state index contributed by atoms with van der Waals surface area (Å²) in [5.74, 6) is -0.791. The van der Waals surface area contributed by atoms with Gasteiger partial charge < -0.3 is 26.3 Å². The number of piperazine rings is 1. The lowest BCUT2D eigenvalue weighted by atomic mass is 9.80. The van der Waals surface area contributed by atoms with Gasteiger partial charge in [-0.15, -0.1) is 11.3 Å². The van der Waals surface area contributed by atoms with Crippen molar-refractivity contribution in [2.75, 3.05) is 53.4 Å². The number of rotatable bonds is 13. The second kappa shape index (κ2) is 14.5. The van der Waals surface area contributed by atoms with Crippen LogP contribution in [0.25, 0.3) is 10.2 Å². The quantitative estimate of drug-likeness (QED) is 0.203. The highest BCUT2D eigenvalue weighted by Crippen LogP contribution is 2.33. The van der Waals surface area contributed by atoms with Crippen LogP contribution in [0.15, 0.2) is 30.4 Å². The highest BCUT2D eigenvalue weighted by atomic mass is 35.5. The van der Waals surface area contributed by atoms with E-state index < -0.39 is 11.3 Å².